The number of hydrogen-bond donors (Lipinski definition) is 2. The van der Waals surface area contributed by atoms with Gasteiger partial charge >= 0.3 is 0 Å². The van der Waals surface area contributed by atoms with Gasteiger partial charge < -0.3 is 25.0 Å². The Labute approximate surface area is 192 Å². The molecular weight excluding hydrogens is 418 g/mol. The highest BCUT2D eigenvalue weighted by Crippen LogP contribution is 2.29. The lowest BCUT2D eigenvalue weighted by Crippen LogP contribution is -2.40. The molecule has 8 nitrogen and oxygen atoms in total. The standard InChI is InChI=1S/C25H27N5O3/c26-24-27-11-7-22(28-24)30-17-20(23(31)29-12-14-33-15-13-29)19-5-4-18(16-21(19)30)6-10-25(32)8-2-1-3-9-25/h4-5,7,11,16-17,32H,1-3,8-9,12-15H2,(H2,26,27,28). The third-order valence-electron chi connectivity index (χ3n) is 6.36. The first-order chi connectivity index (χ1) is 16.0. The summed E-state index contributed by atoms with van der Waals surface area (Å²) >= 11 is 0. The second-order valence-electron chi connectivity index (χ2n) is 8.66. The number of carbonyl (C=O) groups is 1. The topological polar surface area (TPSA) is 106 Å². The van der Waals surface area contributed by atoms with E-state index < -0.39 is 5.60 Å². The lowest BCUT2D eigenvalue weighted by atomic mass is 9.85. The summed E-state index contributed by atoms with van der Waals surface area (Å²) in [5.74, 6) is 6.94. The number of carbonyl (C=O) groups excluding carboxylic acids is 1. The van der Waals surface area contributed by atoms with Crippen LogP contribution in [0.25, 0.3) is 16.7 Å². The first kappa shape index (κ1) is 21.4. The summed E-state index contributed by atoms with van der Waals surface area (Å²) in [5.41, 5.74) is 7.06. The number of rotatable bonds is 2. The van der Waals surface area contributed by atoms with Gasteiger partial charge in [0.15, 0.2) is 0 Å². The van der Waals surface area contributed by atoms with Crippen molar-refractivity contribution in [2.24, 2.45) is 0 Å². The molecule has 8 heteroatoms. The Kier molecular flexibility index (Phi) is 5.75. The fourth-order valence-electron chi connectivity index (χ4n) is 4.55. The molecule has 3 heterocycles. The highest BCUT2D eigenvalue weighted by Gasteiger charge is 2.27. The molecule has 0 radical (unpaired) electrons. The summed E-state index contributed by atoms with van der Waals surface area (Å²) in [6.45, 7) is 2.20. The number of aliphatic hydroxyl groups is 1. The molecule has 3 N–H and O–H groups in total. The van der Waals surface area contributed by atoms with Gasteiger partial charge in [0.25, 0.3) is 5.91 Å². The van der Waals surface area contributed by atoms with Crippen molar-refractivity contribution in [1.29, 1.82) is 0 Å². The van der Waals surface area contributed by atoms with Crippen molar-refractivity contribution in [2.45, 2.75) is 37.7 Å². The van der Waals surface area contributed by atoms with Crippen molar-refractivity contribution in [3.8, 4) is 17.7 Å². The Balaban J connectivity index is 1.59. The minimum atomic E-state index is -0.923. The lowest BCUT2D eigenvalue weighted by molar-refractivity contribution is 0.0304. The fraction of sp³-hybridized carbons (Fsp3) is 0.400. The van der Waals surface area contributed by atoms with Crippen LogP contribution in [-0.4, -0.2) is 62.4 Å². The zero-order chi connectivity index (χ0) is 22.8. The highest BCUT2D eigenvalue weighted by molar-refractivity contribution is 6.07. The van der Waals surface area contributed by atoms with Crippen molar-refractivity contribution < 1.29 is 14.6 Å². The molecule has 1 saturated heterocycles. The Morgan fingerprint density at radius 3 is 2.70 bits per heavy atom. The number of fused-ring (bicyclic) bond motifs is 1. The van der Waals surface area contributed by atoms with Crippen molar-refractivity contribution in [3.63, 3.8) is 0 Å². The summed E-state index contributed by atoms with van der Waals surface area (Å²) < 4.78 is 7.24. The molecule has 170 valence electrons. The maximum absolute atomic E-state index is 13.3. The second kappa shape index (κ2) is 8.85. The van der Waals surface area contributed by atoms with Crippen LogP contribution in [0.15, 0.2) is 36.7 Å². The van der Waals surface area contributed by atoms with Gasteiger partial charge in [-0.3, -0.25) is 4.79 Å². The summed E-state index contributed by atoms with van der Waals surface area (Å²) in [6.07, 6.45) is 7.94. The van der Waals surface area contributed by atoms with Crippen LogP contribution in [0.4, 0.5) is 5.95 Å². The number of nitrogens with two attached hydrogens (primary N) is 1. The monoisotopic (exact) mass is 445 g/mol. The van der Waals surface area contributed by atoms with Crippen LogP contribution in [-0.2, 0) is 4.74 Å². The Morgan fingerprint density at radius 1 is 1.15 bits per heavy atom. The van der Waals surface area contributed by atoms with Gasteiger partial charge in [-0.25, -0.2) is 4.98 Å². The van der Waals surface area contributed by atoms with Crippen LogP contribution >= 0.6 is 0 Å². The van der Waals surface area contributed by atoms with Crippen LogP contribution < -0.4 is 5.73 Å². The average Bonchev–Trinajstić information content (AvgIpc) is 3.22. The van der Waals surface area contributed by atoms with Crippen LogP contribution in [0, 0.1) is 11.8 Å². The average molecular weight is 446 g/mol. The lowest BCUT2D eigenvalue weighted by Gasteiger charge is -2.26. The predicted octanol–water partition coefficient (Wildman–Crippen LogP) is 2.52. The quantitative estimate of drug-likeness (QED) is 0.587. The predicted molar refractivity (Wildman–Crippen MR) is 125 cm³/mol. The number of nitrogens with zero attached hydrogens (tertiary/aromatic N) is 4. The molecule has 5 rings (SSSR count). The molecule has 1 aromatic carbocycles. The molecule has 1 amide bonds. The molecule has 1 saturated carbocycles. The number of aromatic nitrogens is 3. The van der Waals surface area contributed by atoms with E-state index in [0.29, 0.717) is 50.5 Å². The van der Waals surface area contributed by atoms with Crippen LogP contribution in [0.2, 0.25) is 0 Å². The molecule has 0 bridgehead atoms. The molecule has 2 aliphatic rings. The molecule has 1 aliphatic carbocycles. The van der Waals surface area contributed by atoms with E-state index in [2.05, 4.69) is 21.8 Å². The van der Waals surface area contributed by atoms with Crippen LogP contribution in [0.3, 0.4) is 0 Å². The van der Waals surface area contributed by atoms with Crippen LogP contribution in [0.1, 0.15) is 48.0 Å². The van der Waals surface area contributed by atoms with Gasteiger partial charge in [0.05, 0.1) is 24.3 Å². The molecule has 0 spiro atoms. The number of nitrogen functional groups attached to an aromatic ring is 1. The molecule has 0 atom stereocenters. The fourth-order valence-corrected chi connectivity index (χ4v) is 4.55. The van der Waals surface area contributed by atoms with Gasteiger partial charge in [0.1, 0.15) is 11.4 Å². The number of amides is 1. The normalized spacial score (nSPS) is 18.0. The van der Waals surface area contributed by atoms with Gasteiger partial charge in [0.2, 0.25) is 5.95 Å². The number of benzene rings is 1. The maximum atomic E-state index is 13.3. The smallest absolute Gasteiger partial charge is 0.256 e. The van der Waals surface area contributed by atoms with E-state index in [0.717, 1.165) is 35.7 Å². The Morgan fingerprint density at radius 2 is 1.94 bits per heavy atom. The van der Waals surface area contributed by atoms with E-state index in [9.17, 15) is 9.90 Å². The molecule has 33 heavy (non-hydrogen) atoms. The second-order valence-corrected chi connectivity index (χ2v) is 8.66. The van der Waals surface area contributed by atoms with E-state index in [1.165, 1.54) is 0 Å². The summed E-state index contributed by atoms with van der Waals surface area (Å²) in [5, 5.41) is 11.6. The molecule has 3 aromatic rings. The van der Waals surface area contributed by atoms with E-state index in [1.807, 2.05) is 27.7 Å². The molecule has 2 aromatic heterocycles. The zero-order valence-corrected chi connectivity index (χ0v) is 18.5. The molecular formula is C25H27N5O3. The summed E-state index contributed by atoms with van der Waals surface area (Å²) in [6, 6.07) is 7.50. The number of hydrogen-bond acceptors (Lipinski definition) is 6. The van der Waals surface area contributed by atoms with Gasteiger partial charge in [-0.2, -0.15) is 4.98 Å². The Hall–Kier alpha value is -3.41. The van der Waals surface area contributed by atoms with E-state index in [1.54, 1.807) is 18.5 Å². The third kappa shape index (κ3) is 4.42. The maximum Gasteiger partial charge on any atom is 0.256 e. The van der Waals surface area contributed by atoms with Crippen molar-refractivity contribution >= 4 is 22.8 Å². The minimum Gasteiger partial charge on any atom is -0.378 e. The molecule has 2 fully saturated rings. The SMILES string of the molecule is Nc1nccc(-n2cc(C(=O)N3CCOCC3)c3ccc(C#CC4(O)CCCCC4)cc32)n1. The first-order valence-electron chi connectivity index (χ1n) is 11.4. The summed E-state index contributed by atoms with van der Waals surface area (Å²) in [4.78, 5) is 23.5. The minimum absolute atomic E-state index is 0.0422. The Bertz CT molecular complexity index is 1240. The largest absolute Gasteiger partial charge is 0.378 e. The van der Waals surface area contributed by atoms with E-state index >= 15 is 0 Å². The molecule has 0 unspecified atom stereocenters. The highest BCUT2D eigenvalue weighted by atomic mass is 16.5. The van der Waals surface area contributed by atoms with Crippen LogP contribution in [0.5, 0.6) is 0 Å². The van der Waals surface area contributed by atoms with Gasteiger partial charge in [-0.05, 0) is 43.9 Å². The van der Waals surface area contributed by atoms with Crippen molar-refractivity contribution in [3.05, 3.63) is 47.8 Å². The van der Waals surface area contributed by atoms with Crippen molar-refractivity contribution in [1.82, 2.24) is 19.4 Å². The van der Waals surface area contributed by atoms with Gasteiger partial charge in [-0.1, -0.05) is 24.3 Å². The number of ether oxygens (including phenoxy) is 1. The van der Waals surface area contributed by atoms with Gasteiger partial charge in [-0.15, -0.1) is 0 Å². The number of morpholine rings is 1. The molecule has 1 aliphatic heterocycles. The summed E-state index contributed by atoms with van der Waals surface area (Å²) in [7, 11) is 0. The van der Waals surface area contributed by atoms with E-state index in [4.69, 9.17) is 10.5 Å². The van der Waals surface area contributed by atoms with Gasteiger partial charge in [0, 0.05) is 36.4 Å². The zero-order valence-electron chi connectivity index (χ0n) is 18.5. The van der Waals surface area contributed by atoms with E-state index in [-0.39, 0.29) is 11.9 Å². The first-order valence-corrected chi connectivity index (χ1v) is 11.4. The van der Waals surface area contributed by atoms with Crippen molar-refractivity contribution in [2.75, 3.05) is 32.0 Å². The number of anilines is 1. The third-order valence-corrected chi connectivity index (χ3v) is 6.36.